The van der Waals surface area contributed by atoms with Crippen molar-refractivity contribution in [2.75, 3.05) is 31.7 Å². The summed E-state index contributed by atoms with van der Waals surface area (Å²) in [4.78, 5) is 6.60. The molecule has 1 aliphatic rings. The first-order valence-corrected chi connectivity index (χ1v) is 6.65. The van der Waals surface area contributed by atoms with Gasteiger partial charge < -0.3 is 15.4 Å². The van der Waals surface area contributed by atoms with E-state index in [1.165, 1.54) is 18.5 Å². The van der Waals surface area contributed by atoms with Crippen molar-refractivity contribution in [3.8, 4) is 0 Å². The predicted molar refractivity (Wildman–Crippen MR) is 73.7 cm³/mol. The van der Waals surface area contributed by atoms with E-state index >= 15 is 0 Å². The Hall–Kier alpha value is -1.13. The van der Waals surface area contributed by atoms with Crippen LogP contribution in [0.3, 0.4) is 0 Å². The SMILES string of the molecule is Cc1cc(N(C)CC2CCCOC2)c(CN)cn1. The Labute approximate surface area is 109 Å². The summed E-state index contributed by atoms with van der Waals surface area (Å²) in [5, 5.41) is 0. The van der Waals surface area contributed by atoms with E-state index in [2.05, 4.69) is 23.0 Å². The molecule has 1 fully saturated rings. The molecule has 0 aromatic carbocycles. The minimum Gasteiger partial charge on any atom is -0.381 e. The van der Waals surface area contributed by atoms with Gasteiger partial charge in [-0.3, -0.25) is 4.98 Å². The number of anilines is 1. The molecule has 18 heavy (non-hydrogen) atoms. The molecule has 1 atom stereocenters. The summed E-state index contributed by atoms with van der Waals surface area (Å²) < 4.78 is 5.54. The minimum atomic E-state index is 0.536. The summed E-state index contributed by atoms with van der Waals surface area (Å²) in [6.07, 6.45) is 4.32. The van der Waals surface area contributed by atoms with Crippen LogP contribution in [0, 0.1) is 12.8 Å². The standard InChI is InChI=1S/C14H23N3O/c1-11-6-14(13(7-15)8-16-11)17(2)9-12-4-3-5-18-10-12/h6,8,12H,3-5,7,9-10,15H2,1-2H3. The van der Waals surface area contributed by atoms with Crippen molar-refractivity contribution in [1.29, 1.82) is 0 Å². The van der Waals surface area contributed by atoms with E-state index in [4.69, 9.17) is 10.5 Å². The third kappa shape index (κ3) is 3.21. The minimum absolute atomic E-state index is 0.536. The van der Waals surface area contributed by atoms with Crippen LogP contribution in [0.15, 0.2) is 12.3 Å². The Morgan fingerprint density at radius 2 is 2.39 bits per heavy atom. The van der Waals surface area contributed by atoms with Gasteiger partial charge in [-0.05, 0) is 31.7 Å². The zero-order chi connectivity index (χ0) is 13.0. The Kier molecular flexibility index (Phi) is 4.55. The van der Waals surface area contributed by atoms with Gasteiger partial charge in [0.25, 0.3) is 0 Å². The number of rotatable bonds is 4. The fourth-order valence-corrected chi connectivity index (χ4v) is 2.52. The van der Waals surface area contributed by atoms with Crippen LogP contribution >= 0.6 is 0 Å². The van der Waals surface area contributed by atoms with Crippen LogP contribution in [-0.2, 0) is 11.3 Å². The number of hydrogen-bond acceptors (Lipinski definition) is 4. The van der Waals surface area contributed by atoms with E-state index in [-0.39, 0.29) is 0 Å². The quantitative estimate of drug-likeness (QED) is 0.882. The maximum atomic E-state index is 5.78. The fraction of sp³-hybridized carbons (Fsp3) is 0.643. The lowest BCUT2D eigenvalue weighted by Crippen LogP contribution is -2.31. The Bertz CT molecular complexity index is 389. The number of nitrogens with zero attached hydrogens (tertiary/aromatic N) is 2. The summed E-state index contributed by atoms with van der Waals surface area (Å²) in [6, 6.07) is 2.12. The normalized spacial score (nSPS) is 19.8. The molecule has 100 valence electrons. The summed E-state index contributed by atoms with van der Waals surface area (Å²) in [7, 11) is 2.13. The molecule has 2 N–H and O–H groups in total. The van der Waals surface area contributed by atoms with Crippen LogP contribution in [0.4, 0.5) is 5.69 Å². The molecule has 1 aliphatic heterocycles. The van der Waals surface area contributed by atoms with Gasteiger partial charge in [0, 0.05) is 49.9 Å². The molecule has 1 aromatic rings. The lowest BCUT2D eigenvalue weighted by Gasteiger charge is -2.29. The monoisotopic (exact) mass is 249 g/mol. The van der Waals surface area contributed by atoms with E-state index < -0.39 is 0 Å². The van der Waals surface area contributed by atoms with Crippen molar-refractivity contribution in [2.45, 2.75) is 26.3 Å². The van der Waals surface area contributed by atoms with Crippen molar-refractivity contribution in [3.05, 3.63) is 23.5 Å². The topological polar surface area (TPSA) is 51.4 Å². The van der Waals surface area contributed by atoms with Gasteiger partial charge in [-0.1, -0.05) is 0 Å². The van der Waals surface area contributed by atoms with Crippen LogP contribution in [0.2, 0.25) is 0 Å². The molecular weight excluding hydrogens is 226 g/mol. The van der Waals surface area contributed by atoms with Crippen molar-refractivity contribution < 1.29 is 4.74 Å². The van der Waals surface area contributed by atoms with Crippen LogP contribution in [-0.4, -0.2) is 31.8 Å². The number of aromatic nitrogens is 1. The van der Waals surface area contributed by atoms with Gasteiger partial charge >= 0.3 is 0 Å². The van der Waals surface area contributed by atoms with Gasteiger partial charge in [-0.2, -0.15) is 0 Å². The van der Waals surface area contributed by atoms with Gasteiger partial charge in [0.1, 0.15) is 0 Å². The first-order valence-electron chi connectivity index (χ1n) is 6.65. The van der Waals surface area contributed by atoms with Crippen molar-refractivity contribution in [2.24, 2.45) is 11.7 Å². The third-order valence-corrected chi connectivity index (χ3v) is 3.52. The highest BCUT2D eigenvalue weighted by atomic mass is 16.5. The first-order chi connectivity index (χ1) is 8.70. The molecule has 0 saturated carbocycles. The fourth-order valence-electron chi connectivity index (χ4n) is 2.52. The second-order valence-corrected chi connectivity index (χ2v) is 5.12. The van der Waals surface area contributed by atoms with Gasteiger partial charge in [0.15, 0.2) is 0 Å². The van der Waals surface area contributed by atoms with Gasteiger partial charge in [-0.15, -0.1) is 0 Å². The van der Waals surface area contributed by atoms with Crippen LogP contribution in [0.5, 0.6) is 0 Å². The number of nitrogens with two attached hydrogens (primary N) is 1. The van der Waals surface area contributed by atoms with E-state index in [0.29, 0.717) is 12.5 Å². The summed E-state index contributed by atoms with van der Waals surface area (Å²) in [6.45, 7) is 5.38. The average Bonchev–Trinajstić information content (AvgIpc) is 2.40. The zero-order valence-electron chi connectivity index (χ0n) is 11.4. The molecule has 1 unspecified atom stereocenters. The highest BCUT2D eigenvalue weighted by Gasteiger charge is 2.17. The zero-order valence-corrected chi connectivity index (χ0v) is 11.4. The van der Waals surface area contributed by atoms with Crippen LogP contribution in [0.25, 0.3) is 0 Å². The molecule has 2 heterocycles. The Morgan fingerprint density at radius 3 is 3.06 bits per heavy atom. The molecule has 4 heteroatoms. The second-order valence-electron chi connectivity index (χ2n) is 5.12. The van der Waals surface area contributed by atoms with E-state index in [0.717, 1.165) is 31.0 Å². The smallest absolute Gasteiger partial charge is 0.0511 e. The molecule has 0 spiro atoms. The van der Waals surface area contributed by atoms with Crippen molar-refractivity contribution >= 4 is 5.69 Å². The number of pyridine rings is 1. The third-order valence-electron chi connectivity index (χ3n) is 3.52. The Balaban J connectivity index is 2.07. The van der Waals surface area contributed by atoms with Gasteiger partial charge in [0.05, 0.1) is 6.61 Å². The maximum absolute atomic E-state index is 5.78. The lowest BCUT2D eigenvalue weighted by molar-refractivity contribution is 0.0576. The molecule has 1 aromatic heterocycles. The summed E-state index contributed by atoms with van der Waals surface area (Å²) in [5.74, 6) is 0.628. The second kappa shape index (κ2) is 6.16. The Morgan fingerprint density at radius 1 is 1.56 bits per heavy atom. The molecule has 0 bridgehead atoms. The number of ether oxygens (including phenoxy) is 1. The van der Waals surface area contributed by atoms with Crippen LogP contribution in [0.1, 0.15) is 24.1 Å². The molecule has 2 rings (SSSR count). The highest BCUT2D eigenvalue weighted by Crippen LogP contribution is 2.22. The lowest BCUT2D eigenvalue weighted by atomic mass is 10.0. The van der Waals surface area contributed by atoms with Crippen molar-refractivity contribution in [3.63, 3.8) is 0 Å². The van der Waals surface area contributed by atoms with Gasteiger partial charge in [0.2, 0.25) is 0 Å². The number of hydrogen-bond donors (Lipinski definition) is 1. The molecule has 1 saturated heterocycles. The molecule has 4 nitrogen and oxygen atoms in total. The van der Waals surface area contributed by atoms with E-state index in [9.17, 15) is 0 Å². The largest absolute Gasteiger partial charge is 0.381 e. The van der Waals surface area contributed by atoms with E-state index in [1.807, 2.05) is 13.1 Å². The number of aryl methyl sites for hydroxylation is 1. The van der Waals surface area contributed by atoms with Gasteiger partial charge in [-0.25, -0.2) is 0 Å². The summed E-state index contributed by atoms with van der Waals surface area (Å²) in [5.41, 5.74) is 9.13. The predicted octanol–water partition coefficient (Wildman–Crippen LogP) is 1.71. The van der Waals surface area contributed by atoms with E-state index in [1.54, 1.807) is 0 Å². The van der Waals surface area contributed by atoms with Crippen molar-refractivity contribution in [1.82, 2.24) is 4.98 Å². The maximum Gasteiger partial charge on any atom is 0.0511 e. The first kappa shape index (κ1) is 13.3. The highest BCUT2D eigenvalue weighted by molar-refractivity contribution is 5.53. The molecule has 0 aliphatic carbocycles. The molecule has 0 radical (unpaired) electrons. The summed E-state index contributed by atoms with van der Waals surface area (Å²) >= 11 is 0. The van der Waals surface area contributed by atoms with Crippen LogP contribution < -0.4 is 10.6 Å². The molecular formula is C14H23N3O. The average molecular weight is 249 g/mol. The molecule has 0 amide bonds.